The number of nitrogens with two attached hydrogens (primary N) is 1. The van der Waals surface area contributed by atoms with E-state index in [2.05, 4.69) is 32.1 Å². The first kappa shape index (κ1) is 31.9. The van der Waals surface area contributed by atoms with E-state index < -0.39 is 37.1 Å². The molecule has 4 N–H and O–H groups in total. The summed E-state index contributed by atoms with van der Waals surface area (Å²) in [7, 11) is -3.69. The molecule has 1 saturated carbocycles. The summed E-state index contributed by atoms with van der Waals surface area (Å²) in [6.07, 6.45) is 8.46. The Hall–Kier alpha value is -2.60. The normalized spacial score (nSPS) is 17.4. The van der Waals surface area contributed by atoms with Gasteiger partial charge in [-0.2, -0.15) is 0 Å². The summed E-state index contributed by atoms with van der Waals surface area (Å²) < 4.78 is 33.0. The van der Waals surface area contributed by atoms with Crippen molar-refractivity contribution in [3.8, 4) is 0 Å². The smallest absolute Gasteiger partial charge is 0.326 e. The van der Waals surface area contributed by atoms with Crippen LogP contribution in [0.5, 0.6) is 0 Å². The van der Waals surface area contributed by atoms with Crippen molar-refractivity contribution >= 4 is 36.4 Å². The molecule has 3 rings (SSSR count). The van der Waals surface area contributed by atoms with Crippen LogP contribution in [-0.4, -0.2) is 68.2 Å². The van der Waals surface area contributed by atoms with Gasteiger partial charge in [-0.15, -0.1) is 0 Å². The Morgan fingerprint density at radius 1 is 1.20 bits per heavy atom. The number of rotatable bonds is 16. The molecule has 3 atom stereocenters. The number of hydrogen-bond acceptors (Lipinski definition) is 10. The van der Waals surface area contributed by atoms with Crippen LogP contribution >= 0.6 is 7.44 Å². The molecule has 0 radical (unpaired) electrons. The average molecular weight is 582 g/mol. The van der Waals surface area contributed by atoms with Crippen molar-refractivity contribution in [2.45, 2.75) is 110 Å². The lowest BCUT2D eigenvalue weighted by Crippen LogP contribution is -2.50. The fourth-order valence-corrected chi connectivity index (χ4v) is 6.92. The standard InChI is InChI=1S/C26H44N7O6P/c1-6-7-10-13-37-25(35)26(4,5)32-40(36,31-19(3)24(34)39-20-11-8-9-12-20)17-38-18(2)14-33-16-30-21-22(27)28-15-29-23(21)33/h15-16,18-20H,6-14,17H2,1-5H3,(H2,27,28,29)(H2,31,32,36)/t18-,19+,40?/m0/s1. The molecule has 2 aromatic rings. The fraction of sp³-hybridized carbons (Fsp3) is 0.731. The van der Waals surface area contributed by atoms with Crippen molar-refractivity contribution in [3.63, 3.8) is 0 Å². The lowest BCUT2D eigenvalue weighted by atomic mass is 10.1. The molecule has 1 aliphatic carbocycles. The Balaban J connectivity index is 1.69. The summed E-state index contributed by atoms with van der Waals surface area (Å²) in [5, 5.41) is 5.81. The molecule has 0 spiro atoms. The van der Waals surface area contributed by atoms with E-state index in [4.69, 9.17) is 19.9 Å². The number of hydrogen-bond donors (Lipinski definition) is 3. The Labute approximate surface area is 235 Å². The molecule has 0 aromatic carbocycles. The van der Waals surface area contributed by atoms with Crippen molar-refractivity contribution < 1.29 is 28.4 Å². The third-order valence-corrected chi connectivity index (χ3v) is 8.95. The third kappa shape index (κ3) is 8.95. The molecule has 2 heterocycles. The zero-order chi connectivity index (χ0) is 29.3. The highest BCUT2D eigenvalue weighted by atomic mass is 31.2. The van der Waals surface area contributed by atoms with Crippen molar-refractivity contribution in [1.82, 2.24) is 29.7 Å². The fourth-order valence-electron chi connectivity index (χ4n) is 4.53. The molecular formula is C26H44N7O6P. The van der Waals surface area contributed by atoms with Gasteiger partial charge < -0.3 is 24.5 Å². The van der Waals surface area contributed by atoms with E-state index in [9.17, 15) is 14.2 Å². The van der Waals surface area contributed by atoms with Crippen LogP contribution in [0.25, 0.3) is 11.2 Å². The molecule has 0 amide bonds. The number of imidazole rings is 1. The lowest BCUT2D eigenvalue weighted by molar-refractivity contribution is -0.150. The summed E-state index contributed by atoms with van der Waals surface area (Å²) in [6, 6.07) is -0.897. The Morgan fingerprint density at radius 3 is 2.62 bits per heavy atom. The van der Waals surface area contributed by atoms with Crippen molar-refractivity contribution in [1.29, 1.82) is 0 Å². The number of nitrogens with zero attached hydrogens (tertiary/aromatic N) is 4. The van der Waals surface area contributed by atoms with E-state index in [-0.39, 0.29) is 24.9 Å². The predicted molar refractivity (Wildman–Crippen MR) is 151 cm³/mol. The summed E-state index contributed by atoms with van der Waals surface area (Å²) >= 11 is 0. The second kappa shape index (κ2) is 14.3. The van der Waals surface area contributed by atoms with Crippen LogP contribution in [0.2, 0.25) is 0 Å². The maximum absolute atomic E-state index is 14.2. The molecule has 0 saturated heterocycles. The van der Waals surface area contributed by atoms with Gasteiger partial charge in [0.05, 0.1) is 25.6 Å². The van der Waals surface area contributed by atoms with E-state index in [0.29, 0.717) is 17.7 Å². The van der Waals surface area contributed by atoms with Gasteiger partial charge in [-0.25, -0.2) is 25.1 Å². The van der Waals surface area contributed by atoms with Gasteiger partial charge in [-0.3, -0.25) is 14.2 Å². The monoisotopic (exact) mass is 581 g/mol. The van der Waals surface area contributed by atoms with Gasteiger partial charge in [0.25, 0.3) is 0 Å². The molecule has 13 nitrogen and oxygen atoms in total. The Morgan fingerprint density at radius 2 is 1.93 bits per heavy atom. The van der Waals surface area contributed by atoms with Gasteiger partial charge in [-0.05, 0) is 59.8 Å². The van der Waals surface area contributed by atoms with Crippen molar-refractivity contribution in [2.24, 2.45) is 0 Å². The highest BCUT2D eigenvalue weighted by molar-refractivity contribution is 7.59. The lowest BCUT2D eigenvalue weighted by Gasteiger charge is -2.32. The van der Waals surface area contributed by atoms with Crippen LogP contribution < -0.4 is 15.9 Å². The van der Waals surface area contributed by atoms with Gasteiger partial charge in [0.2, 0.25) is 7.44 Å². The van der Waals surface area contributed by atoms with Crippen molar-refractivity contribution in [2.75, 3.05) is 18.7 Å². The second-order valence-electron chi connectivity index (χ2n) is 10.9. The first-order valence-corrected chi connectivity index (χ1v) is 15.9. The Bertz CT molecular complexity index is 1180. The van der Waals surface area contributed by atoms with Crippen LogP contribution in [-0.2, 0) is 34.9 Å². The zero-order valence-electron chi connectivity index (χ0n) is 24.2. The zero-order valence-corrected chi connectivity index (χ0v) is 25.1. The van der Waals surface area contributed by atoms with Crippen LogP contribution in [0.3, 0.4) is 0 Å². The number of nitrogens with one attached hydrogen (secondary N) is 2. The SMILES string of the molecule is CCCCCOC(=O)C(C)(C)NP(=O)(CO[C@@H](C)Cn1cnc2c(N)ncnc21)N[C@H](C)C(=O)OC1CCCC1. The summed E-state index contributed by atoms with van der Waals surface area (Å²) in [5.74, 6) is -0.761. The summed E-state index contributed by atoms with van der Waals surface area (Å²) in [4.78, 5) is 38.1. The number of carbonyl (C=O) groups is 2. The third-order valence-electron chi connectivity index (χ3n) is 6.72. The topological polar surface area (TPSA) is 173 Å². The largest absolute Gasteiger partial charge is 0.464 e. The summed E-state index contributed by atoms with van der Waals surface area (Å²) in [6.45, 7) is 9.27. The summed E-state index contributed by atoms with van der Waals surface area (Å²) in [5.41, 5.74) is 5.60. The molecule has 1 fully saturated rings. The maximum atomic E-state index is 14.2. The molecule has 40 heavy (non-hydrogen) atoms. The number of ether oxygens (including phenoxy) is 3. The first-order chi connectivity index (χ1) is 18.9. The number of aromatic nitrogens is 4. The van der Waals surface area contributed by atoms with Gasteiger partial charge in [0, 0.05) is 0 Å². The molecule has 0 bridgehead atoms. The molecular weight excluding hydrogens is 537 g/mol. The number of nitrogen functional groups attached to an aromatic ring is 1. The van der Waals surface area contributed by atoms with E-state index in [1.54, 1.807) is 31.7 Å². The highest BCUT2D eigenvalue weighted by Gasteiger charge is 2.39. The van der Waals surface area contributed by atoms with E-state index in [1.807, 2.05) is 6.92 Å². The minimum Gasteiger partial charge on any atom is -0.464 e. The predicted octanol–water partition coefficient (Wildman–Crippen LogP) is 3.53. The van der Waals surface area contributed by atoms with Crippen LogP contribution in [0, 0.1) is 0 Å². The Kier molecular flexibility index (Phi) is 11.4. The maximum Gasteiger partial charge on any atom is 0.326 e. The molecule has 14 heteroatoms. The van der Waals surface area contributed by atoms with E-state index >= 15 is 0 Å². The number of unbranched alkanes of at least 4 members (excludes halogenated alkanes) is 2. The number of anilines is 1. The molecule has 2 aromatic heterocycles. The molecule has 0 aliphatic heterocycles. The van der Waals surface area contributed by atoms with Gasteiger partial charge in [0.15, 0.2) is 11.5 Å². The molecule has 1 aliphatic rings. The van der Waals surface area contributed by atoms with Crippen LogP contribution in [0.15, 0.2) is 12.7 Å². The quantitative estimate of drug-likeness (QED) is 0.150. The van der Waals surface area contributed by atoms with Crippen LogP contribution in [0.1, 0.15) is 79.6 Å². The van der Waals surface area contributed by atoms with Crippen molar-refractivity contribution in [3.05, 3.63) is 12.7 Å². The van der Waals surface area contributed by atoms with Crippen LogP contribution in [0.4, 0.5) is 5.82 Å². The number of esters is 2. The second-order valence-corrected chi connectivity index (χ2v) is 13.2. The number of fused-ring (bicyclic) bond motifs is 1. The van der Waals surface area contributed by atoms with Gasteiger partial charge >= 0.3 is 11.9 Å². The minimum atomic E-state index is -3.69. The molecule has 224 valence electrons. The van der Waals surface area contributed by atoms with E-state index in [0.717, 1.165) is 44.9 Å². The van der Waals surface area contributed by atoms with E-state index in [1.165, 1.54) is 6.33 Å². The number of carbonyl (C=O) groups excluding carboxylic acids is 2. The first-order valence-electron chi connectivity index (χ1n) is 14.0. The minimum absolute atomic E-state index is 0.127. The average Bonchev–Trinajstić information content (AvgIpc) is 3.56. The molecule has 1 unspecified atom stereocenters. The highest BCUT2D eigenvalue weighted by Crippen LogP contribution is 2.40. The van der Waals surface area contributed by atoms with Gasteiger partial charge in [0.1, 0.15) is 35.9 Å². The van der Waals surface area contributed by atoms with Gasteiger partial charge in [-0.1, -0.05) is 19.8 Å².